The summed E-state index contributed by atoms with van der Waals surface area (Å²) in [4.78, 5) is 0. The molecule has 0 fully saturated rings. The van der Waals surface area contributed by atoms with Gasteiger partial charge in [-0.1, -0.05) is 58.8 Å². The SMILES string of the molecule is CCCCCCCCCC(CCC(O)CC)S(=O)(=O)O. The smallest absolute Gasteiger partial charge is 0.267 e. The van der Waals surface area contributed by atoms with E-state index in [0.717, 1.165) is 19.3 Å². The van der Waals surface area contributed by atoms with Gasteiger partial charge in [0.1, 0.15) is 0 Å². The molecule has 5 heteroatoms. The summed E-state index contributed by atoms with van der Waals surface area (Å²) in [5.41, 5.74) is 0. The third-order valence-electron chi connectivity index (χ3n) is 3.84. The molecule has 122 valence electrons. The standard InChI is InChI=1S/C15H32O4S/c1-3-5-6-7-8-9-10-11-15(20(17,18)19)13-12-14(16)4-2/h14-16H,3-13H2,1-2H3,(H,17,18,19). The number of hydrogen-bond acceptors (Lipinski definition) is 3. The van der Waals surface area contributed by atoms with Crippen molar-refractivity contribution in [3.63, 3.8) is 0 Å². The van der Waals surface area contributed by atoms with Gasteiger partial charge < -0.3 is 5.11 Å². The summed E-state index contributed by atoms with van der Waals surface area (Å²) in [7, 11) is -3.98. The highest BCUT2D eigenvalue weighted by Crippen LogP contribution is 2.18. The van der Waals surface area contributed by atoms with E-state index in [1.54, 1.807) is 0 Å². The van der Waals surface area contributed by atoms with Crippen LogP contribution in [-0.2, 0) is 10.1 Å². The van der Waals surface area contributed by atoms with Gasteiger partial charge in [0.15, 0.2) is 0 Å². The van der Waals surface area contributed by atoms with Crippen molar-refractivity contribution in [1.29, 1.82) is 0 Å². The van der Waals surface area contributed by atoms with Gasteiger partial charge in [0.05, 0.1) is 11.4 Å². The monoisotopic (exact) mass is 308 g/mol. The van der Waals surface area contributed by atoms with Gasteiger partial charge in [-0.25, -0.2) is 0 Å². The number of hydrogen-bond donors (Lipinski definition) is 2. The Morgan fingerprint density at radius 3 is 1.90 bits per heavy atom. The van der Waals surface area contributed by atoms with E-state index in [9.17, 15) is 18.1 Å². The molecule has 0 aliphatic carbocycles. The van der Waals surface area contributed by atoms with Crippen molar-refractivity contribution in [3.8, 4) is 0 Å². The van der Waals surface area contributed by atoms with E-state index in [1.165, 1.54) is 25.7 Å². The summed E-state index contributed by atoms with van der Waals surface area (Å²) in [6.45, 7) is 4.05. The lowest BCUT2D eigenvalue weighted by molar-refractivity contribution is 0.156. The zero-order valence-electron chi connectivity index (χ0n) is 13.1. The maximum atomic E-state index is 11.3. The molecule has 0 aromatic rings. The maximum absolute atomic E-state index is 11.3. The Morgan fingerprint density at radius 1 is 0.850 bits per heavy atom. The molecule has 20 heavy (non-hydrogen) atoms. The molecule has 2 atom stereocenters. The second-order valence-corrected chi connectivity index (χ2v) is 7.38. The molecule has 0 saturated heterocycles. The molecule has 0 aliphatic heterocycles. The second kappa shape index (κ2) is 11.5. The van der Waals surface area contributed by atoms with E-state index in [1.807, 2.05) is 6.92 Å². The highest BCUT2D eigenvalue weighted by molar-refractivity contribution is 7.86. The van der Waals surface area contributed by atoms with Crippen molar-refractivity contribution in [3.05, 3.63) is 0 Å². The highest BCUT2D eigenvalue weighted by Gasteiger charge is 2.23. The van der Waals surface area contributed by atoms with Gasteiger partial charge in [-0.15, -0.1) is 0 Å². The first kappa shape index (κ1) is 19.9. The normalized spacial score (nSPS) is 15.2. The third kappa shape index (κ3) is 10.6. The minimum atomic E-state index is -3.98. The third-order valence-corrected chi connectivity index (χ3v) is 5.16. The molecule has 0 radical (unpaired) electrons. The molecule has 4 nitrogen and oxygen atoms in total. The zero-order valence-corrected chi connectivity index (χ0v) is 13.9. The Morgan fingerprint density at radius 2 is 1.40 bits per heavy atom. The fraction of sp³-hybridized carbons (Fsp3) is 1.00. The van der Waals surface area contributed by atoms with Gasteiger partial charge in [-0.05, 0) is 25.7 Å². The Labute approximate surface area is 124 Å². The highest BCUT2D eigenvalue weighted by atomic mass is 32.2. The molecule has 0 saturated carbocycles. The maximum Gasteiger partial charge on any atom is 0.267 e. The first-order valence-electron chi connectivity index (χ1n) is 8.06. The van der Waals surface area contributed by atoms with Crippen molar-refractivity contribution in [2.45, 2.75) is 95.8 Å². The van der Waals surface area contributed by atoms with E-state index in [-0.39, 0.29) is 0 Å². The quantitative estimate of drug-likeness (QED) is 0.399. The summed E-state index contributed by atoms with van der Waals surface area (Å²) in [5.74, 6) is 0. The molecule has 0 bridgehead atoms. The molecule has 0 amide bonds. The lowest BCUT2D eigenvalue weighted by Crippen LogP contribution is -2.22. The molecule has 0 spiro atoms. The number of aliphatic hydroxyl groups is 1. The van der Waals surface area contributed by atoms with Gasteiger partial charge in [0, 0.05) is 0 Å². The van der Waals surface area contributed by atoms with Crippen LogP contribution in [-0.4, -0.2) is 29.4 Å². The number of aliphatic hydroxyl groups excluding tert-OH is 1. The van der Waals surface area contributed by atoms with Gasteiger partial charge in [0.25, 0.3) is 10.1 Å². The summed E-state index contributed by atoms with van der Waals surface area (Å²) in [6, 6.07) is 0. The van der Waals surface area contributed by atoms with Crippen molar-refractivity contribution < 1.29 is 18.1 Å². The molecular weight excluding hydrogens is 276 g/mol. The van der Waals surface area contributed by atoms with Crippen LogP contribution in [0.3, 0.4) is 0 Å². The number of rotatable bonds is 13. The van der Waals surface area contributed by atoms with Gasteiger partial charge >= 0.3 is 0 Å². The van der Waals surface area contributed by atoms with E-state index in [4.69, 9.17) is 0 Å². The van der Waals surface area contributed by atoms with Crippen molar-refractivity contribution >= 4 is 10.1 Å². The van der Waals surface area contributed by atoms with Crippen LogP contribution in [0, 0.1) is 0 Å². The fourth-order valence-electron chi connectivity index (χ4n) is 2.35. The Kier molecular flexibility index (Phi) is 11.4. The molecule has 2 unspecified atom stereocenters. The van der Waals surface area contributed by atoms with Crippen LogP contribution in [0.15, 0.2) is 0 Å². The summed E-state index contributed by atoms with van der Waals surface area (Å²) in [5, 5.41) is 8.78. The van der Waals surface area contributed by atoms with Crippen LogP contribution >= 0.6 is 0 Å². The van der Waals surface area contributed by atoms with Gasteiger partial charge in [-0.3, -0.25) is 4.55 Å². The number of unbranched alkanes of at least 4 members (excludes halogenated alkanes) is 6. The predicted molar refractivity (Wildman–Crippen MR) is 83.5 cm³/mol. The topological polar surface area (TPSA) is 74.6 Å². The van der Waals surface area contributed by atoms with Gasteiger partial charge in [0.2, 0.25) is 0 Å². The van der Waals surface area contributed by atoms with E-state index < -0.39 is 21.5 Å². The Balaban J connectivity index is 3.89. The first-order valence-corrected chi connectivity index (χ1v) is 9.56. The second-order valence-electron chi connectivity index (χ2n) is 5.69. The molecule has 0 aromatic heterocycles. The molecule has 0 aliphatic rings. The Hall–Kier alpha value is -0.130. The van der Waals surface area contributed by atoms with Crippen LogP contribution in [0.1, 0.15) is 84.5 Å². The van der Waals surface area contributed by atoms with E-state index in [2.05, 4.69) is 6.92 Å². The average molecular weight is 308 g/mol. The van der Waals surface area contributed by atoms with Crippen molar-refractivity contribution in [2.24, 2.45) is 0 Å². The van der Waals surface area contributed by atoms with E-state index in [0.29, 0.717) is 25.7 Å². The Bertz CT molecular complexity index is 314. The molecular formula is C15H32O4S. The van der Waals surface area contributed by atoms with Crippen LogP contribution in [0.25, 0.3) is 0 Å². The largest absolute Gasteiger partial charge is 0.393 e. The summed E-state index contributed by atoms with van der Waals surface area (Å²) >= 11 is 0. The molecule has 0 aromatic carbocycles. The molecule has 0 rings (SSSR count). The fourth-order valence-corrected chi connectivity index (χ4v) is 3.25. The summed E-state index contributed by atoms with van der Waals surface area (Å²) in [6.07, 6.45) is 9.39. The molecule has 0 heterocycles. The van der Waals surface area contributed by atoms with Crippen LogP contribution < -0.4 is 0 Å². The van der Waals surface area contributed by atoms with Crippen molar-refractivity contribution in [1.82, 2.24) is 0 Å². The van der Waals surface area contributed by atoms with Crippen LogP contribution in [0.2, 0.25) is 0 Å². The lowest BCUT2D eigenvalue weighted by atomic mass is 10.0. The minimum Gasteiger partial charge on any atom is -0.393 e. The predicted octanol–water partition coefficient (Wildman–Crippen LogP) is 3.93. The summed E-state index contributed by atoms with van der Waals surface area (Å²) < 4.78 is 31.8. The zero-order chi connectivity index (χ0) is 15.4. The van der Waals surface area contributed by atoms with Crippen LogP contribution in [0.5, 0.6) is 0 Å². The minimum absolute atomic E-state index is 0.351. The lowest BCUT2D eigenvalue weighted by Gasteiger charge is -2.15. The van der Waals surface area contributed by atoms with E-state index >= 15 is 0 Å². The molecule has 2 N–H and O–H groups in total. The van der Waals surface area contributed by atoms with Gasteiger partial charge in [-0.2, -0.15) is 8.42 Å². The van der Waals surface area contributed by atoms with Crippen LogP contribution in [0.4, 0.5) is 0 Å². The van der Waals surface area contributed by atoms with Crippen molar-refractivity contribution in [2.75, 3.05) is 0 Å². The first-order chi connectivity index (χ1) is 9.41. The average Bonchev–Trinajstić information content (AvgIpc) is 2.39.